The normalized spacial score (nSPS) is 11.9. The van der Waals surface area contributed by atoms with Gasteiger partial charge in [-0.3, -0.25) is 14.0 Å². The zero-order valence-corrected chi connectivity index (χ0v) is 21.6. The molecule has 0 fully saturated rings. The summed E-state index contributed by atoms with van der Waals surface area (Å²) in [5.41, 5.74) is 11.0. The summed E-state index contributed by atoms with van der Waals surface area (Å²) in [5.74, 6) is -0.131. The van der Waals surface area contributed by atoms with E-state index < -0.39 is 6.04 Å². The Balaban J connectivity index is 1.91. The van der Waals surface area contributed by atoms with E-state index in [1.807, 2.05) is 79.7 Å². The van der Waals surface area contributed by atoms with Gasteiger partial charge in [-0.2, -0.15) is 0 Å². The molecule has 0 radical (unpaired) electrons. The maximum absolute atomic E-state index is 13.9. The van der Waals surface area contributed by atoms with Gasteiger partial charge in [0.25, 0.3) is 11.5 Å². The number of hydrogen-bond acceptors (Lipinski definition) is 4. The molecule has 6 nitrogen and oxygen atoms in total. The van der Waals surface area contributed by atoms with E-state index >= 15 is 0 Å². The Bertz CT molecular complexity index is 1440. The first kappa shape index (κ1) is 26.0. The number of aryl methyl sites for hydroxylation is 1. The van der Waals surface area contributed by atoms with Gasteiger partial charge in [0.15, 0.2) is 0 Å². The van der Waals surface area contributed by atoms with Crippen LogP contribution in [-0.2, 0) is 6.42 Å². The quantitative estimate of drug-likeness (QED) is 0.311. The molecule has 1 amide bonds. The summed E-state index contributed by atoms with van der Waals surface area (Å²) in [4.78, 5) is 34.6. The van der Waals surface area contributed by atoms with Crippen molar-refractivity contribution in [2.75, 3.05) is 13.1 Å². The Kier molecular flexibility index (Phi) is 8.31. The van der Waals surface area contributed by atoms with Gasteiger partial charge >= 0.3 is 0 Å². The molecule has 0 aliphatic heterocycles. The second-order valence-electron chi connectivity index (χ2n) is 9.43. The maximum atomic E-state index is 13.9. The fourth-order valence-corrected chi connectivity index (χ4v) is 4.59. The molecule has 1 atom stereocenters. The monoisotopic (exact) mass is 494 g/mol. The number of fused-ring (bicyclic) bond motifs is 1. The lowest BCUT2D eigenvalue weighted by Crippen LogP contribution is -2.39. The van der Waals surface area contributed by atoms with E-state index in [2.05, 4.69) is 13.5 Å². The molecule has 0 saturated carbocycles. The Hall–Kier alpha value is -4.03. The summed E-state index contributed by atoms with van der Waals surface area (Å²) >= 11 is 0. The highest BCUT2D eigenvalue weighted by atomic mass is 16.2. The zero-order chi connectivity index (χ0) is 26.4. The van der Waals surface area contributed by atoms with Crippen LogP contribution in [0.25, 0.3) is 5.65 Å². The smallest absolute Gasteiger partial charge is 0.261 e. The molecule has 0 saturated heterocycles. The van der Waals surface area contributed by atoms with Crippen molar-refractivity contribution in [3.63, 3.8) is 0 Å². The maximum Gasteiger partial charge on any atom is 0.261 e. The van der Waals surface area contributed by atoms with Crippen LogP contribution in [0.2, 0.25) is 0 Å². The zero-order valence-electron chi connectivity index (χ0n) is 21.6. The average Bonchev–Trinajstić information content (AvgIpc) is 2.92. The number of carbonyl (C=O) groups excluding carboxylic acids is 1. The van der Waals surface area contributed by atoms with Gasteiger partial charge < -0.3 is 10.6 Å². The van der Waals surface area contributed by atoms with Crippen molar-refractivity contribution in [2.24, 2.45) is 5.73 Å². The van der Waals surface area contributed by atoms with Gasteiger partial charge in [-0.05, 0) is 48.7 Å². The molecule has 2 aromatic heterocycles. The van der Waals surface area contributed by atoms with Crippen LogP contribution in [0.3, 0.4) is 0 Å². The van der Waals surface area contributed by atoms with E-state index in [9.17, 15) is 9.59 Å². The number of rotatable bonds is 10. The van der Waals surface area contributed by atoms with Crippen LogP contribution < -0.4 is 11.3 Å². The van der Waals surface area contributed by atoms with Gasteiger partial charge in [0.1, 0.15) is 5.65 Å². The second kappa shape index (κ2) is 11.8. The van der Waals surface area contributed by atoms with Crippen molar-refractivity contribution >= 4 is 11.6 Å². The van der Waals surface area contributed by atoms with E-state index in [0.717, 1.165) is 23.1 Å². The molecule has 1 unspecified atom stereocenters. The number of hydrogen-bond donors (Lipinski definition) is 1. The summed E-state index contributed by atoms with van der Waals surface area (Å²) < 4.78 is 1.58. The number of nitrogens with zero attached hydrogens (tertiary/aromatic N) is 3. The molecule has 0 aliphatic carbocycles. The molecule has 2 N–H and O–H groups in total. The van der Waals surface area contributed by atoms with Crippen LogP contribution in [-0.4, -0.2) is 33.3 Å². The molecule has 37 heavy (non-hydrogen) atoms. The summed E-state index contributed by atoms with van der Waals surface area (Å²) in [5, 5.41) is 0. The van der Waals surface area contributed by atoms with Gasteiger partial charge in [-0.1, -0.05) is 74.0 Å². The van der Waals surface area contributed by atoms with Gasteiger partial charge in [-0.15, -0.1) is 0 Å². The number of nitrogens with two attached hydrogens (primary N) is 1. The lowest BCUT2D eigenvalue weighted by molar-refractivity contribution is 0.0680. The highest BCUT2D eigenvalue weighted by Crippen LogP contribution is 2.30. The summed E-state index contributed by atoms with van der Waals surface area (Å²) in [6.45, 7) is 8.71. The minimum Gasteiger partial charge on any atom is -0.327 e. The van der Waals surface area contributed by atoms with Crippen LogP contribution in [0, 0.1) is 6.92 Å². The van der Waals surface area contributed by atoms with Gasteiger partial charge in [0.05, 0.1) is 11.7 Å². The molecule has 2 heterocycles. The standard InChI is InChI=1S/C31H34N4O2/c1-4-10-27(35(21-23(3)20-32)30(36)25-16-14-22(2)15-17-25)29-26(19-24-11-6-5-7-12-24)31(37)34-18-9-8-13-28(34)33-29/h5-9,11-18,27H,3-4,10,19-21,32H2,1-2H3. The highest BCUT2D eigenvalue weighted by molar-refractivity contribution is 5.94. The van der Waals surface area contributed by atoms with Crippen LogP contribution in [0.4, 0.5) is 0 Å². The number of aromatic nitrogens is 2. The predicted octanol–water partition coefficient (Wildman–Crippen LogP) is 5.09. The minimum atomic E-state index is -0.418. The fourth-order valence-electron chi connectivity index (χ4n) is 4.59. The van der Waals surface area contributed by atoms with Crippen molar-refractivity contribution < 1.29 is 4.79 Å². The molecule has 0 spiro atoms. The minimum absolute atomic E-state index is 0.119. The largest absolute Gasteiger partial charge is 0.327 e. The van der Waals surface area contributed by atoms with Crippen molar-refractivity contribution in [2.45, 2.75) is 39.2 Å². The third-order valence-electron chi connectivity index (χ3n) is 6.58. The van der Waals surface area contributed by atoms with E-state index in [4.69, 9.17) is 10.7 Å². The summed E-state index contributed by atoms with van der Waals surface area (Å²) in [6, 6.07) is 22.5. The van der Waals surface area contributed by atoms with Crippen molar-refractivity contribution in [1.82, 2.24) is 14.3 Å². The molecular formula is C31H34N4O2. The number of benzene rings is 2. The molecule has 6 heteroatoms. The average molecular weight is 495 g/mol. The third-order valence-corrected chi connectivity index (χ3v) is 6.58. The number of carbonyl (C=O) groups is 1. The van der Waals surface area contributed by atoms with Crippen molar-refractivity contribution in [3.05, 3.63) is 129 Å². The predicted molar refractivity (Wildman–Crippen MR) is 149 cm³/mol. The summed E-state index contributed by atoms with van der Waals surface area (Å²) in [7, 11) is 0. The first-order valence-electron chi connectivity index (χ1n) is 12.7. The molecule has 4 aromatic rings. The number of pyridine rings is 1. The third kappa shape index (κ3) is 5.87. The Morgan fingerprint density at radius 1 is 1.05 bits per heavy atom. The molecule has 190 valence electrons. The van der Waals surface area contributed by atoms with Crippen LogP contribution >= 0.6 is 0 Å². The van der Waals surface area contributed by atoms with Crippen LogP contribution in [0.1, 0.15) is 58.5 Å². The topological polar surface area (TPSA) is 80.7 Å². The Morgan fingerprint density at radius 2 is 1.76 bits per heavy atom. The van der Waals surface area contributed by atoms with E-state index in [-0.39, 0.29) is 24.6 Å². The van der Waals surface area contributed by atoms with Gasteiger partial charge in [0, 0.05) is 36.8 Å². The van der Waals surface area contributed by atoms with Gasteiger partial charge in [0.2, 0.25) is 0 Å². The van der Waals surface area contributed by atoms with Crippen molar-refractivity contribution in [1.29, 1.82) is 0 Å². The first-order valence-corrected chi connectivity index (χ1v) is 12.7. The molecule has 0 bridgehead atoms. The van der Waals surface area contributed by atoms with Crippen LogP contribution in [0.15, 0.2) is 95.9 Å². The molecule has 4 rings (SSSR count). The highest BCUT2D eigenvalue weighted by Gasteiger charge is 2.30. The van der Waals surface area contributed by atoms with E-state index in [1.54, 1.807) is 15.5 Å². The van der Waals surface area contributed by atoms with E-state index in [0.29, 0.717) is 35.3 Å². The van der Waals surface area contributed by atoms with Crippen molar-refractivity contribution in [3.8, 4) is 0 Å². The Morgan fingerprint density at radius 3 is 2.43 bits per heavy atom. The van der Waals surface area contributed by atoms with E-state index in [1.165, 1.54) is 0 Å². The van der Waals surface area contributed by atoms with Gasteiger partial charge in [-0.25, -0.2) is 4.98 Å². The lowest BCUT2D eigenvalue weighted by Gasteiger charge is -2.33. The Labute approximate surface area is 218 Å². The first-order chi connectivity index (χ1) is 17.9. The fraction of sp³-hybridized carbons (Fsp3) is 0.258. The SMILES string of the molecule is C=C(CN)CN(C(=O)c1ccc(C)cc1)C(CCC)c1nc2ccccn2c(=O)c1Cc1ccccc1. The molecule has 0 aliphatic rings. The second-order valence-corrected chi connectivity index (χ2v) is 9.43. The number of amides is 1. The lowest BCUT2D eigenvalue weighted by atomic mass is 9.96. The van der Waals surface area contributed by atoms with Crippen LogP contribution in [0.5, 0.6) is 0 Å². The molecule has 2 aromatic carbocycles. The summed E-state index contributed by atoms with van der Waals surface area (Å²) in [6.07, 6.45) is 3.61. The molecular weight excluding hydrogens is 460 g/mol.